The Labute approximate surface area is 92.3 Å². The highest BCUT2D eigenvalue weighted by Crippen LogP contribution is 2.30. The van der Waals surface area contributed by atoms with E-state index in [1.54, 1.807) is 0 Å². The van der Waals surface area contributed by atoms with Gasteiger partial charge in [0.15, 0.2) is 0 Å². The number of rotatable bonds is 4. The third kappa shape index (κ3) is 2.71. The third-order valence-corrected chi connectivity index (χ3v) is 3.57. The molecular weight excluding hydrogens is 190 g/mol. The molecular formula is C12H23NO2. The van der Waals surface area contributed by atoms with Crippen molar-refractivity contribution in [1.82, 2.24) is 0 Å². The Balaban J connectivity index is 1.74. The van der Waals surface area contributed by atoms with Gasteiger partial charge in [-0.25, -0.2) is 0 Å². The van der Waals surface area contributed by atoms with Crippen LogP contribution in [0.15, 0.2) is 0 Å². The zero-order valence-electron chi connectivity index (χ0n) is 9.65. The summed E-state index contributed by atoms with van der Waals surface area (Å²) in [5.41, 5.74) is 5.90. The van der Waals surface area contributed by atoms with E-state index in [4.69, 9.17) is 15.2 Å². The van der Waals surface area contributed by atoms with Crippen molar-refractivity contribution in [2.75, 3.05) is 6.61 Å². The van der Waals surface area contributed by atoms with Gasteiger partial charge in [0.25, 0.3) is 0 Å². The largest absolute Gasteiger partial charge is 0.374 e. The number of hydrogen-bond donors (Lipinski definition) is 1. The average molecular weight is 213 g/mol. The predicted molar refractivity (Wildman–Crippen MR) is 59.8 cm³/mol. The zero-order chi connectivity index (χ0) is 10.7. The lowest BCUT2D eigenvalue weighted by atomic mass is 9.85. The molecule has 3 nitrogen and oxygen atoms in total. The van der Waals surface area contributed by atoms with E-state index in [0.717, 1.165) is 13.0 Å². The van der Waals surface area contributed by atoms with E-state index in [1.165, 1.54) is 32.1 Å². The summed E-state index contributed by atoms with van der Waals surface area (Å²) < 4.78 is 11.7. The topological polar surface area (TPSA) is 44.5 Å². The van der Waals surface area contributed by atoms with Crippen LogP contribution >= 0.6 is 0 Å². The molecule has 2 aliphatic rings. The van der Waals surface area contributed by atoms with Crippen LogP contribution in [0.4, 0.5) is 0 Å². The van der Waals surface area contributed by atoms with E-state index in [0.29, 0.717) is 6.10 Å². The van der Waals surface area contributed by atoms with Crippen molar-refractivity contribution in [3.8, 4) is 0 Å². The molecule has 0 aliphatic heterocycles. The van der Waals surface area contributed by atoms with Crippen LogP contribution in [0.2, 0.25) is 0 Å². The molecule has 88 valence electrons. The van der Waals surface area contributed by atoms with Gasteiger partial charge in [-0.2, -0.15) is 0 Å². The fraction of sp³-hybridized carbons (Fsp3) is 1.00. The number of nitrogens with two attached hydrogens (primary N) is 1. The van der Waals surface area contributed by atoms with E-state index in [2.05, 4.69) is 0 Å². The van der Waals surface area contributed by atoms with Crippen molar-refractivity contribution in [1.29, 1.82) is 0 Å². The summed E-state index contributed by atoms with van der Waals surface area (Å²) in [6.07, 6.45) is 8.33. The Morgan fingerprint density at radius 3 is 2.53 bits per heavy atom. The summed E-state index contributed by atoms with van der Waals surface area (Å²) in [5.74, 6) is 0. The molecule has 2 N–H and O–H groups in total. The lowest BCUT2D eigenvalue weighted by Gasteiger charge is -2.43. The molecule has 0 heterocycles. The van der Waals surface area contributed by atoms with Crippen LogP contribution in [0.25, 0.3) is 0 Å². The summed E-state index contributed by atoms with van der Waals surface area (Å²) in [7, 11) is 0. The zero-order valence-corrected chi connectivity index (χ0v) is 9.65. The molecule has 0 aromatic carbocycles. The number of hydrogen-bond acceptors (Lipinski definition) is 3. The van der Waals surface area contributed by atoms with Crippen LogP contribution in [-0.4, -0.2) is 31.0 Å². The molecule has 3 unspecified atom stereocenters. The van der Waals surface area contributed by atoms with Gasteiger partial charge in [0.1, 0.15) is 0 Å². The maximum Gasteiger partial charge on any atom is 0.0988 e. The van der Waals surface area contributed by atoms with Crippen LogP contribution in [0.3, 0.4) is 0 Å². The van der Waals surface area contributed by atoms with Gasteiger partial charge in [-0.15, -0.1) is 0 Å². The lowest BCUT2D eigenvalue weighted by molar-refractivity contribution is -0.164. The minimum atomic E-state index is 0.150. The van der Waals surface area contributed by atoms with E-state index >= 15 is 0 Å². The molecule has 0 bridgehead atoms. The smallest absolute Gasteiger partial charge is 0.0988 e. The molecule has 2 rings (SSSR count). The summed E-state index contributed by atoms with van der Waals surface area (Å²) >= 11 is 0. The standard InChI is InChI=1S/C12H23NO2/c1-2-14-12-10(13)8-11(12)15-9-6-4-3-5-7-9/h9-12H,2-8,13H2,1H3. The molecule has 3 atom stereocenters. The fourth-order valence-electron chi connectivity index (χ4n) is 2.62. The Kier molecular flexibility index (Phi) is 4.00. The molecule has 0 spiro atoms. The van der Waals surface area contributed by atoms with Gasteiger partial charge in [-0.3, -0.25) is 0 Å². The molecule has 3 heteroatoms. The molecule has 0 saturated heterocycles. The normalized spacial score (nSPS) is 37.6. The SMILES string of the molecule is CCOC1C(N)CC1OC1CCCCC1. The maximum atomic E-state index is 6.06. The maximum absolute atomic E-state index is 6.06. The highest BCUT2D eigenvalue weighted by molar-refractivity contribution is 4.95. The minimum Gasteiger partial charge on any atom is -0.374 e. The average Bonchev–Trinajstić information content (AvgIpc) is 2.27. The van der Waals surface area contributed by atoms with Gasteiger partial charge < -0.3 is 15.2 Å². The van der Waals surface area contributed by atoms with Gasteiger partial charge in [0, 0.05) is 12.6 Å². The molecule has 0 aromatic heterocycles. The van der Waals surface area contributed by atoms with E-state index in [1.807, 2.05) is 6.92 Å². The molecule has 15 heavy (non-hydrogen) atoms. The lowest BCUT2D eigenvalue weighted by Crippen LogP contribution is -2.59. The van der Waals surface area contributed by atoms with E-state index in [9.17, 15) is 0 Å². The molecule has 2 aliphatic carbocycles. The van der Waals surface area contributed by atoms with Crippen molar-refractivity contribution in [2.45, 2.75) is 69.8 Å². The quantitative estimate of drug-likeness (QED) is 0.775. The number of ether oxygens (including phenoxy) is 2. The summed E-state index contributed by atoms with van der Waals surface area (Å²) in [5, 5.41) is 0. The summed E-state index contributed by atoms with van der Waals surface area (Å²) in [6, 6.07) is 0.193. The molecule has 2 fully saturated rings. The second-order valence-corrected chi connectivity index (χ2v) is 4.75. The first-order valence-electron chi connectivity index (χ1n) is 6.34. The van der Waals surface area contributed by atoms with E-state index < -0.39 is 0 Å². The van der Waals surface area contributed by atoms with Crippen molar-refractivity contribution in [3.63, 3.8) is 0 Å². The van der Waals surface area contributed by atoms with Crippen LogP contribution in [-0.2, 0) is 9.47 Å². The molecule has 0 radical (unpaired) electrons. The van der Waals surface area contributed by atoms with Crippen LogP contribution < -0.4 is 5.73 Å². The van der Waals surface area contributed by atoms with Crippen molar-refractivity contribution in [3.05, 3.63) is 0 Å². The Morgan fingerprint density at radius 1 is 1.20 bits per heavy atom. The van der Waals surface area contributed by atoms with Gasteiger partial charge in [-0.05, 0) is 26.2 Å². The van der Waals surface area contributed by atoms with Crippen molar-refractivity contribution in [2.24, 2.45) is 5.73 Å². The minimum absolute atomic E-state index is 0.150. The molecule has 2 saturated carbocycles. The van der Waals surface area contributed by atoms with Crippen LogP contribution in [0.5, 0.6) is 0 Å². The van der Waals surface area contributed by atoms with E-state index in [-0.39, 0.29) is 18.2 Å². The predicted octanol–water partition coefficient (Wildman–Crippen LogP) is 1.84. The second-order valence-electron chi connectivity index (χ2n) is 4.75. The van der Waals surface area contributed by atoms with Crippen LogP contribution in [0, 0.1) is 0 Å². The van der Waals surface area contributed by atoms with Crippen molar-refractivity contribution < 1.29 is 9.47 Å². The van der Waals surface area contributed by atoms with Gasteiger partial charge in [0.2, 0.25) is 0 Å². The highest BCUT2D eigenvalue weighted by Gasteiger charge is 2.41. The Hall–Kier alpha value is -0.120. The van der Waals surface area contributed by atoms with Gasteiger partial charge >= 0.3 is 0 Å². The Bertz CT molecular complexity index is 192. The third-order valence-electron chi connectivity index (χ3n) is 3.57. The second kappa shape index (κ2) is 5.28. The van der Waals surface area contributed by atoms with Crippen molar-refractivity contribution >= 4 is 0 Å². The van der Waals surface area contributed by atoms with Gasteiger partial charge in [-0.1, -0.05) is 19.3 Å². The van der Waals surface area contributed by atoms with Crippen LogP contribution in [0.1, 0.15) is 45.4 Å². The first-order chi connectivity index (χ1) is 7.31. The summed E-state index contributed by atoms with van der Waals surface area (Å²) in [6.45, 7) is 2.76. The monoisotopic (exact) mass is 213 g/mol. The van der Waals surface area contributed by atoms with Gasteiger partial charge in [0.05, 0.1) is 18.3 Å². The first-order valence-corrected chi connectivity index (χ1v) is 6.34. The molecule has 0 amide bonds. The highest BCUT2D eigenvalue weighted by atomic mass is 16.6. The molecule has 0 aromatic rings. The Morgan fingerprint density at radius 2 is 1.93 bits per heavy atom. The summed E-state index contributed by atoms with van der Waals surface area (Å²) in [4.78, 5) is 0. The fourth-order valence-corrected chi connectivity index (χ4v) is 2.62. The first kappa shape index (κ1) is 11.4.